The molecule has 0 bridgehead atoms. The van der Waals surface area contributed by atoms with Crippen LogP contribution in [0.4, 0.5) is 10.1 Å². The van der Waals surface area contributed by atoms with Crippen LogP contribution in [0.2, 0.25) is 0 Å². The third-order valence-electron chi connectivity index (χ3n) is 6.08. The molecule has 4 heteroatoms. The molecule has 0 radical (unpaired) electrons. The summed E-state index contributed by atoms with van der Waals surface area (Å²) >= 11 is 0. The minimum absolute atomic E-state index is 0.240. The number of hydrogen-bond acceptors (Lipinski definition) is 3. The van der Waals surface area contributed by atoms with Crippen LogP contribution in [0.5, 0.6) is 0 Å². The second-order valence-electron chi connectivity index (χ2n) is 8.05. The van der Waals surface area contributed by atoms with Gasteiger partial charge in [0.25, 0.3) is 0 Å². The van der Waals surface area contributed by atoms with Gasteiger partial charge in [0.15, 0.2) is 0 Å². The van der Waals surface area contributed by atoms with Crippen molar-refractivity contribution in [2.75, 3.05) is 18.4 Å². The van der Waals surface area contributed by atoms with Crippen molar-refractivity contribution in [3.63, 3.8) is 0 Å². The summed E-state index contributed by atoms with van der Waals surface area (Å²) in [5, 5.41) is 17.1. The molecule has 1 unspecified atom stereocenters. The van der Waals surface area contributed by atoms with Crippen molar-refractivity contribution < 1.29 is 4.39 Å². The molecule has 2 N–H and O–H groups in total. The molecule has 0 spiro atoms. The fourth-order valence-electron chi connectivity index (χ4n) is 4.41. The van der Waals surface area contributed by atoms with Crippen LogP contribution in [0.1, 0.15) is 30.0 Å². The van der Waals surface area contributed by atoms with E-state index in [1.54, 1.807) is 6.07 Å². The zero-order valence-electron chi connectivity index (χ0n) is 17.2. The van der Waals surface area contributed by atoms with E-state index >= 15 is 0 Å². The largest absolute Gasteiger partial charge is 0.377 e. The highest BCUT2D eigenvalue weighted by Crippen LogP contribution is 2.44. The van der Waals surface area contributed by atoms with E-state index in [2.05, 4.69) is 54.0 Å². The first-order valence-corrected chi connectivity index (χ1v) is 10.4. The van der Waals surface area contributed by atoms with Crippen molar-refractivity contribution in [1.29, 1.82) is 5.26 Å². The number of aryl methyl sites for hydroxylation is 1. The van der Waals surface area contributed by atoms with Gasteiger partial charge in [0.1, 0.15) is 5.82 Å². The molecular formula is C26H26FN3. The van der Waals surface area contributed by atoms with Crippen LogP contribution in [0.15, 0.2) is 72.8 Å². The Morgan fingerprint density at radius 1 is 1.00 bits per heavy atom. The third kappa shape index (κ3) is 4.08. The Labute approximate surface area is 177 Å². The highest BCUT2D eigenvalue weighted by Gasteiger charge is 2.41. The average Bonchev–Trinajstić information content (AvgIpc) is 2.78. The van der Waals surface area contributed by atoms with Gasteiger partial charge in [0.05, 0.1) is 17.5 Å². The van der Waals surface area contributed by atoms with Gasteiger partial charge in [-0.05, 0) is 79.4 Å². The number of nitrogens with zero attached hydrogens (tertiary/aromatic N) is 1. The van der Waals surface area contributed by atoms with E-state index in [0.29, 0.717) is 5.69 Å². The van der Waals surface area contributed by atoms with E-state index in [-0.39, 0.29) is 11.9 Å². The van der Waals surface area contributed by atoms with E-state index in [4.69, 9.17) is 0 Å². The van der Waals surface area contributed by atoms with E-state index < -0.39 is 5.41 Å². The molecule has 1 atom stereocenters. The number of rotatable bonds is 5. The van der Waals surface area contributed by atoms with Gasteiger partial charge in [0, 0.05) is 5.69 Å². The van der Waals surface area contributed by atoms with Crippen molar-refractivity contribution in [1.82, 2.24) is 5.32 Å². The van der Waals surface area contributed by atoms with Gasteiger partial charge in [-0.1, -0.05) is 48.5 Å². The lowest BCUT2D eigenvalue weighted by atomic mass is 9.71. The topological polar surface area (TPSA) is 47.9 Å². The molecule has 0 amide bonds. The van der Waals surface area contributed by atoms with Crippen LogP contribution in [0.3, 0.4) is 0 Å². The standard InChI is InChI=1S/C26H26FN3/c1-19-6-2-3-11-24(19)20-7-4-8-21(16-20)25(26(18-28)12-14-29-15-13-26)30-23-10-5-9-22(27)17-23/h2-11,16-17,25,29-30H,12-15H2,1H3. The fourth-order valence-corrected chi connectivity index (χ4v) is 4.41. The van der Waals surface area contributed by atoms with Gasteiger partial charge < -0.3 is 10.6 Å². The molecule has 0 saturated carbocycles. The number of halogens is 1. The highest BCUT2D eigenvalue weighted by molar-refractivity contribution is 5.68. The Morgan fingerprint density at radius 3 is 2.50 bits per heavy atom. The zero-order valence-corrected chi connectivity index (χ0v) is 17.2. The lowest BCUT2D eigenvalue weighted by Crippen LogP contribution is -2.42. The number of hydrogen-bond donors (Lipinski definition) is 2. The summed E-state index contributed by atoms with van der Waals surface area (Å²) in [5.74, 6) is -0.288. The maximum atomic E-state index is 13.9. The quantitative estimate of drug-likeness (QED) is 0.566. The molecule has 152 valence electrons. The lowest BCUT2D eigenvalue weighted by Gasteiger charge is -2.39. The van der Waals surface area contributed by atoms with Crippen LogP contribution < -0.4 is 10.6 Å². The smallest absolute Gasteiger partial charge is 0.125 e. The van der Waals surface area contributed by atoms with Crippen LogP contribution in [0.25, 0.3) is 11.1 Å². The highest BCUT2D eigenvalue weighted by atomic mass is 19.1. The minimum Gasteiger partial charge on any atom is -0.377 e. The molecule has 4 rings (SSSR count). The van der Waals surface area contributed by atoms with Gasteiger partial charge in [-0.25, -0.2) is 4.39 Å². The summed E-state index contributed by atoms with van der Waals surface area (Å²) in [6, 6.07) is 25.5. The first-order chi connectivity index (χ1) is 14.6. The van der Waals surface area contributed by atoms with Gasteiger partial charge in [-0.3, -0.25) is 0 Å². The Balaban J connectivity index is 1.79. The summed E-state index contributed by atoms with van der Waals surface area (Å²) in [4.78, 5) is 0. The van der Waals surface area contributed by atoms with Gasteiger partial charge in [0.2, 0.25) is 0 Å². The zero-order chi connectivity index (χ0) is 21.0. The van der Waals surface area contributed by atoms with Crippen LogP contribution in [0, 0.1) is 29.5 Å². The van der Waals surface area contributed by atoms with E-state index in [1.165, 1.54) is 23.3 Å². The molecule has 1 aliphatic rings. The van der Waals surface area contributed by atoms with Crippen molar-refractivity contribution in [3.05, 3.63) is 89.7 Å². The molecule has 1 fully saturated rings. The van der Waals surface area contributed by atoms with Crippen molar-refractivity contribution >= 4 is 5.69 Å². The summed E-state index contributed by atoms with van der Waals surface area (Å²) in [5.41, 5.74) is 4.68. The molecule has 3 aromatic rings. The van der Waals surface area contributed by atoms with Crippen molar-refractivity contribution in [3.8, 4) is 17.2 Å². The summed E-state index contributed by atoms with van der Waals surface area (Å²) in [7, 11) is 0. The first kappa shape index (κ1) is 20.1. The number of nitriles is 1. The Kier molecular flexibility index (Phi) is 5.83. The monoisotopic (exact) mass is 399 g/mol. The molecule has 0 aliphatic carbocycles. The van der Waals surface area contributed by atoms with Gasteiger partial charge in [-0.15, -0.1) is 0 Å². The number of piperidine rings is 1. The number of nitrogens with one attached hydrogen (secondary N) is 2. The first-order valence-electron chi connectivity index (χ1n) is 10.4. The Bertz CT molecular complexity index is 1060. The molecule has 1 aliphatic heterocycles. The van der Waals surface area contributed by atoms with Crippen LogP contribution in [-0.2, 0) is 0 Å². The SMILES string of the molecule is Cc1ccccc1-c1cccc(C(Nc2cccc(F)c2)C2(C#N)CCNCC2)c1. The lowest BCUT2D eigenvalue weighted by molar-refractivity contribution is 0.244. The van der Waals surface area contributed by atoms with E-state index in [0.717, 1.165) is 37.1 Å². The third-order valence-corrected chi connectivity index (χ3v) is 6.08. The Morgan fingerprint density at radius 2 is 1.77 bits per heavy atom. The van der Waals surface area contributed by atoms with Gasteiger partial charge >= 0.3 is 0 Å². The normalized spacial score (nSPS) is 16.4. The molecule has 30 heavy (non-hydrogen) atoms. The van der Waals surface area contributed by atoms with Crippen LogP contribution in [-0.4, -0.2) is 13.1 Å². The summed E-state index contributed by atoms with van der Waals surface area (Å²) in [6.45, 7) is 3.70. The number of anilines is 1. The minimum atomic E-state index is -0.568. The summed E-state index contributed by atoms with van der Waals surface area (Å²) in [6.07, 6.45) is 1.48. The predicted octanol–water partition coefficient (Wildman–Crippen LogP) is 5.85. The maximum absolute atomic E-state index is 13.9. The molecule has 0 aromatic heterocycles. The summed E-state index contributed by atoms with van der Waals surface area (Å²) < 4.78 is 13.9. The average molecular weight is 400 g/mol. The van der Waals surface area contributed by atoms with Crippen LogP contribution >= 0.6 is 0 Å². The number of benzene rings is 3. The van der Waals surface area contributed by atoms with Crippen molar-refractivity contribution in [2.24, 2.45) is 5.41 Å². The van der Waals surface area contributed by atoms with E-state index in [9.17, 15) is 9.65 Å². The van der Waals surface area contributed by atoms with E-state index in [1.807, 2.05) is 24.3 Å². The molecule has 1 heterocycles. The molecule has 3 nitrogen and oxygen atoms in total. The fraction of sp³-hybridized carbons (Fsp3) is 0.269. The Hall–Kier alpha value is -3.16. The van der Waals surface area contributed by atoms with Gasteiger partial charge in [-0.2, -0.15) is 5.26 Å². The second kappa shape index (κ2) is 8.69. The molecule has 3 aromatic carbocycles. The van der Waals surface area contributed by atoms with Crippen molar-refractivity contribution in [2.45, 2.75) is 25.8 Å². The maximum Gasteiger partial charge on any atom is 0.125 e. The second-order valence-corrected chi connectivity index (χ2v) is 8.05. The molecular weight excluding hydrogens is 373 g/mol. The predicted molar refractivity (Wildman–Crippen MR) is 120 cm³/mol. The molecule has 1 saturated heterocycles.